The summed E-state index contributed by atoms with van der Waals surface area (Å²) in [7, 11) is 0. The topological polar surface area (TPSA) is 12.0 Å². The fourth-order valence-corrected chi connectivity index (χ4v) is 5.19. The van der Waals surface area contributed by atoms with Gasteiger partial charge in [-0.05, 0) is 36.8 Å². The van der Waals surface area contributed by atoms with Gasteiger partial charge in [-0.2, -0.15) is 11.8 Å². The van der Waals surface area contributed by atoms with Crippen LogP contribution in [0.1, 0.15) is 67.3 Å². The zero-order chi connectivity index (χ0) is 13.5. The van der Waals surface area contributed by atoms with Crippen LogP contribution in [-0.4, -0.2) is 12.3 Å². The van der Waals surface area contributed by atoms with E-state index >= 15 is 0 Å². The maximum absolute atomic E-state index is 3.69. The standard InChI is InChI=1S/C16H27NS2/c1-3-5-6-7-8-14(17-4-2)16-11-13-12-18-10-9-15(13)19-16/h11,14,17H,3-10,12H2,1-2H3. The largest absolute Gasteiger partial charge is 0.310 e. The van der Waals surface area contributed by atoms with E-state index in [4.69, 9.17) is 0 Å². The molecule has 0 saturated carbocycles. The summed E-state index contributed by atoms with van der Waals surface area (Å²) in [5.74, 6) is 2.55. The molecule has 0 bridgehead atoms. The molecule has 0 aromatic carbocycles. The summed E-state index contributed by atoms with van der Waals surface area (Å²) in [6, 6.07) is 3.08. The van der Waals surface area contributed by atoms with Gasteiger partial charge in [0.25, 0.3) is 0 Å². The molecule has 2 rings (SSSR count). The molecule has 1 aliphatic rings. The number of rotatable bonds is 8. The Balaban J connectivity index is 1.95. The van der Waals surface area contributed by atoms with Crippen LogP contribution in [0.4, 0.5) is 0 Å². The van der Waals surface area contributed by atoms with E-state index in [-0.39, 0.29) is 0 Å². The highest BCUT2D eigenvalue weighted by molar-refractivity contribution is 7.98. The number of unbranched alkanes of at least 4 members (excludes halogenated alkanes) is 3. The summed E-state index contributed by atoms with van der Waals surface area (Å²) in [6.45, 7) is 5.59. The van der Waals surface area contributed by atoms with Gasteiger partial charge in [-0.3, -0.25) is 0 Å². The number of aryl methyl sites for hydroxylation is 1. The summed E-state index contributed by atoms with van der Waals surface area (Å²) in [4.78, 5) is 3.25. The molecule has 0 amide bonds. The second-order valence-corrected chi connectivity index (χ2v) is 7.63. The van der Waals surface area contributed by atoms with Crippen LogP contribution < -0.4 is 5.32 Å². The second-order valence-electron chi connectivity index (χ2n) is 5.36. The molecule has 0 radical (unpaired) electrons. The minimum absolute atomic E-state index is 0.599. The third kappa shape index (κ3) is 4.51. The van der Waals surface area contributed by atoms with E-state index in [1.54, 1.807) is 15.3 Å². The molecule has 19 heavy (non-hydrogen) atoms. The second kappa shape index (κ2) is 8.33. The van der Waals surface area contributed by atoms with E-state index in [0.717, 1.165) is 6.54 Å². The highest BCUT2D eigenvalue weighted by atomic mass is 32.2. The Morgan fingerprint density at radius 1 is 1.26 bits per heavy atom. The first kappa shape index (κ1) is 15.4. The Labute approximate surface area is 126 Å². The predicted molar refractivity (Wildman–Crippen MR) is 89.4 cm³/mol. The Kier molecular flexibility index (Phi) is 6.75. The smallest absolute Gasteiger partial charge is 0.0414 e. The third-order valence-electron chi connectivity index (χ3n) is 3.79. The first-order valence-corrected chi connectivity index (χ1v) is 9.74. The van der Waals surface area contributed by atoms with Crippen molar-refractivity contribution in [3.05, 3.63) is 21.4 Å². The van der Waals surface area contributed by atoms with Crippen molar-refractivity contribution in [1.82, 2.24) is 5.32 Å². The molecular weight excluding hydrogens is 270 g/mol. The van der Waals surface area contributed by atoms with E-state index in [1.807, 2.05) is 0 Å². The number of thiophene rings is 1. The van der Waals surface area contributed by atoms with E-state index in [1.165, 1.54) is 50.0 Å². The summed E-state index contributed by atoms with van der Waals surface area (Å²) in [5, 5.41) is 3.69. The predicted octanol–water partition coefficient (Wildman–Crippen LogP) is 5.16. The van der Waals surface area contributed by atoms with Crippen molar-refractivity contribution in [2.24, 2.45) is 0 Å². The van der Waals surface area contributed by atoms with Crippen molar-refractivity contribution in [1.29, 1.82) is 0 Å². The Hall–Kier alpha value is 0.01000. The normalized spacial score (nSPS) is 16.3. The number of thioether (sulfide) groups is 1. The van der Waals surface area contributed by atoms with Crippen LogP contribution in [0.15, 0.2) is 6.07 Å². The lowest BCUT2D eigenvalue weighted by atomic mass is 10.1. The zero-order valence-corrected chi connectivity index (χ0v) is 14.0. The summed E-state index contributed by atoms with van der Waals surface area (Å²) in [6.07, 6.45) is 8.06. The number of hydrogen-bond acceptors (Lipinski definition) is 3. The Bertz CT molecular complexity index is 349. The molecule has 1 aliphatic heterocycles. The third-order valence-corrected chi connectivity index (χ3v) is 6.15. The molecule has 2 heterocycles. The maximum atomic E-state index is 3.69. The van der Waals surface area contributed by atoms with Crippen molar-refractivity contribution < 1.29 is 0 Å². The maximum Gasteiger partial charge on any atom is 0.0414 e. The van der Waals surface area contributed by atoms with Crippen LogP contribution in [0.5, 0.6) is 0 Å². The van der Waals surface area contributed by atoms with Gasteiger partial charge >= 0.3 is 0 Å². The van der Waals surface area contributed by atoms with Gasteiger partial charge in [-0.15, -0.1) is 11.3 Å². The molecule has 1 aromatic rings. The van der Waals surface area contributed by atoms with Gasteiger partial charge in [0.05, 0.1) is 0 Å². The lowest BCUT2D eigenvalue weighted by Crippen LogP contribution is -2.19. The minimum Gasteiger partial charge on any atom is -0.310 e. The van der Waals surface area contributed by atoms with Gasteiger partial charge in [-0.1, -0.05) is 39.5 Å². The lowest BCUT2D eigenvalue weighted by Gasteiger charge is -2.16. The molecule has 1 aromatic heterocycles. The molecule has 0 saturated heterocycles. The van der Waals surface area contributed by atoms with Crippen molar-refractivity contribution in [2.75, 3.05) is 12.3 Å². The molecule has 1 atom stereocenters. The van der Waals surface area contributed by atoms with Crippen molar-refractivity contribution >= 4 is 23.1 Å². The van der Waals surface area contributed by atoms with Crippen LogP contribution in [0.25, 0.3) is 0 Å². The van der Waals surface area contributed by atoms with E-state index in [0.29, 0.717) is 6.04 Å². The number of fused-ring (bicyclic) bond motifs is 1. The molecule has 1 nitrogen and oxygen atoms in total. The Morgan fingerprint density at radius 3 is 2.89 bits per heavy atom. The van der Waals surface area contributed by atoms with E-state index in [9.17, 15) is 0 Å². The summed E-state index contributed by atoms with van der Waals surface area (Å²) < 4.78 is 0. The van der Waals surface area contributed by atoms with Crippen LogP contribution in [0.2, 0.25) is 0 Å². The van der Waals surface area contributed by atoms with Crippen LogP contribution in [0.3, 0.4) is 0 Å². The molecule has 108 valence electrons. The average molecular weight is 298 g/mol. The SMILES string of the molecule is CCCCCCC(NCC)c1cc2c(s1)CCSC2. The fourth-order valence-electron chi connectivity index (χ4n) is 2.71. The first-order valence-electron chi connectivity index (χ1n) is 7.77. The molecule has 0 fully saturated rings. The van der Waals surface area contributed by atoms with Gasteiger partial charge in [0.1, 0.15) is 0 Å². The summed E-state index contributed by atoms with van der Waals surface area (Å²) in [5.41, 5.74) is 1.62. The minimum atomic E-state index is 0.599. The fraction of sp³-hybridized carbons (Fsp3) is 0.750. The van der Waals surface area contributed by atoms with Crippen LogP contribution in [0, 0.1) is 0 Å². The van der Waals surface area contributed by atoms with E-state index < -0.39 is 0 Å². The van der Waals surface area contributed by atoms with Gasteiger partial charge in [-0.25, -0.2) is 0 Å². The van der Waals surface area contributed by atoms with Crippen LogP contribution in [-0.2, 0) is 12.2 Å². The monoisotopic (exact) mass is 297 g/mol. The number of nitrogens with one attached hydrogen (secondary N) is 1. The number of hydrogen-bond donors (Lipinski definition) is 1. The molecule has 0 aliphatic carbocycles. The summed E-state index contributed by atoms with van der Waals surface area (Å²) >= 11 is 4.16. The van der Waals surface area contributed by atoms with Crippen molar-refractivity contribution in [3.8, 4) is 0 Å². The van der Waals surface area contributed by atoms with Crippen LogP contribution >= 0.6 is 23.1 Å². The van der Waals surface area contributed by atoms with Gasteiger partial charge in [0.2, 0.25) is 0 Å². The average Bonchev–Trinajstić information content (AvgIpc) is 2.86. The van der Waals surface area contributed by atoms with Gasteiger partial charge in [0, 0.05) is 21.5 Å². The Morgan fingerprint density at radius 2 is 2.16 bits per heavy atom. The molecule has 1 unspecified atom stereocenters. The van der Waals surface area contributed by atoms with Crippen molar-refractivity contribution in [3.63, 3.8) is 0 Å². The van der Waals surface area contributed by atoms with Gasteiger partial charge in [0.15, 0.2) is 0 Å². The molecule has 3 heteroatoms. The molecule has 0 spiro atoms. The van der Waals surface area contributed by atoms with Crippen molar-refractivity contribution in [2.45, 2.75) is 64.2 Å². The highest BCUT2D eigenvalue weighted by Gasteiger charge is 2.18. The highest BCUT2D eigenvalue weighted by Crippen LogP contribution is 2.35. The first-order chi connectivity index (χ1) is 9.35. The zero-order valence-electron chi connectivity index (χ0n) is 12.3. The quantitative estimate of drug-likeness (QED) is 0.665. The van der Waals surface area contributed by atoms with E-state index in [2.05, 4.69) is 48.3 Å². The van der Waals surface area contributed by atoms with Gasteiger partial charge < -0.3 is 5.32 Å². The molecular formula is C16H27NS2. The lowest BCUT2D eigenvalue weighted by molar-refractivity contribution is 0.487. The molecule has 1 N–H and O–H groups in total.